The molecule has 3 heterocycles. The Morgan fingerprint density at radius 1 is 1.02 bits per heavy atom. The van der Waals surface area contributed by atoms with E-state index in [4.69, 9.17) is 18.9 Å². The molecule has 0 saturated heterocycles. The molecule has 0 spiro atoms. The largest absolute Gasteiger partial charge is 0.478 e. The van der Waals surface area contributed by atoms with Gasteiger partial charge in [-0.05, 0) is 82.7 Å². The van der Waals surface area contributed by atoms with E-state index >= 15 is 0 Å². The number of hydrogen-bond donors (Lipinski definition) is 3. The van der Waals surface area contributed by atoms with Gasteiger partial charge in [-0.3, -0.25) is 0 Å². The Kier molecular flexibility index (Phi) is 10.1. The van der Waals surface area contributed by atoms with Gasteiger partial charge in [0.15, 0.2) is 0 Å². The van der Waals surface area contributed by atoms with Gasteiger partial charge in [-0.1, -0.05) is 24.3 Å². The summed E-state index contributed by atoms with van der Waals surface area (Å²) in [5, 5.41) is 12.9. The van der Waals surface area contributed by atoms with Crippen molar-refractivity contribution in [2.75, 3.05) is 17.9 Å². The minimum absolute atomic E-state index is 0.0271. The van der Waals surface area contributed by atoms with E-state index in [1.54, 1.807) is 12.3 Å². The van der Waals surface area contributed by atoms with Gasteiger partial charge in [-0.15, -0.1) is 0 Å². The summed E-state index contributed by atoms with van der Waals surface area (Å²) in [5.74, 6) is -0.00294. The number of benzene rings is 2. The number of ether oxygens (including phenoxy) is 2. The van der Waals surface area contributed by atoms with Crippen molar-refractivity contribution in [3.05, 3.63) is 88.4 Å². The molecule has 0 radical (unpaired) electrons. The standard InChI is InChI=1S/C36H40N6O7S/c1-20(2)47-18-27(37-16-26-17-38-34-33(39-26)32(23(5)49-34)24-12-13-24)19-48-30-15-29(31-21(3)8-6-9-22(31)4)40-36(41-30)42-50(45,46)28-11-7-10-25(14-28)35(43)44/h6-11,14-15,17,20,24,27,37H,12-13,16,18-19H2,1-5H3,(H,43,44)(H,40,41,42)/t27-/m1/s1. The summed E-state index contributed by atoms with van der Waals surface area (Å²) >= 11 is 0. The second-order valence-electron chi connectivity index (χ2n) is 12.8. The highest BCUT2D eigenvalue weighted by Crippen LogP contribution is 2.45. The molecule has 14 heteroatoms. The van der Waals surface area contributed by atoms with Crippen LogP contribution in [-0.2, 0) is 21.3 Å². The number of sulfonamides is 1. The van der Waals surface area contributed by atoms with E-state index in [2.05, 4.69) is 25.0 Å². The predicted molar refractivity (Wildman–Crippen MR) is 187 cm³/mol. The number of carboxylic acids is 1. The Balaban J connectivity index is 1.26. The average Bonchev–Trinajstić information content (AvgIpc) is 3.85. The summed E-state index contributed by atoms with van der Waals surface area (Å²) in [5.41, 5.74) is 6.19. The van der Waals surface area contributed by atoms with Gasteiger partial charge in [-0.2, -0.15) is 4.98 Å². The van der Waals surface area contributed by atoms with Crippen LogP contribution in [0.5, 0.6) is 5.88 Å². The molecule has 1 atom stereocenters. The monoisotopic (exact) mass is 700 g/mol. The molecule has 1 fully saturated rings. The average molecular weight is 701 g/mol. The third-order valence-electron chi connectivity index (χ3n) is 8.35. The molecule has 0 unspecified atom stereocenters. The second kappa shape index (κ2) is 14.5. The molecular weight excluding hydrogens is 660 g/mol. The topological polar surface area (TPSA) is 179 Å². The van der Waals surface area contributed by atoms with Crippen molar-refractivity contribution in [1.29, 1.82) is 0 Å². The molecule has 1 aliphatic carbocycles. The maximum absolute atomic E-state index is 13.4. The number of furan rings is 1. The Morgan fingerprint density at radius 2 is 1.76 bits per heavy atom. The first-order chi connectivity index (χ1) is 23.9. The van der Waals surface area contributed by atoms with E-state index in [-0.39, 0.29) is 41.0 Å². The van der Waals surface area contributed by atoms with Crippen LogP contribution in [0, 0.1) is 20.8 Å². The Morgan fingerprint density at radius 3 is 2.46 bits per heavy atom. The first-order valence-electron chi connectivity index (χ1n) is 16.4. The van der Waals surface area contributed by atoms with E-state index in [0.29, 0.717) is 30.5 Å². The van der Waals surface area contributed by atoms with Gasteiger partial charge in [0.05, 0.1) is 46.8 Å². The molecule has 1 aliphatic rings. The lowest BCUT2D eigenvalue weighted by atomic mass is 10.00. The first-order valence-corrected chi connectivity index (χ1v) is 17.9. The number of aryl methyl sites for hydroxylation is 3. The van der Waals surface area contributed by atoms with Gasteiger partial charge < -0.3 is 24.3 Å². The smallest absolute Gasteiger partial charge is 0.335 e. The number of aromatic carboxylic acids is 1. The van der Waals surface area contributed by atoms with Crippen molar-refractivity contribution >= 4 is 33.2 Å². The molecule has 3 N–H and O–H groups in total. The minimum Gasteiger partial charge on any atom is -0.478 e. The maximum Gasteiger partial charge on any atom is 0.335 e. The van der Waals surface area contributed by atoms with Gasteiger partial charge in [0.2, 0.25) is 17.5 Å². The lowest BCUT2D eigenvalue weighted by Gasteiger charge is -2.21. The van der Waals surface area contributed by atoms with Crippen LogP contribution < -0.4 is 14.8 Å². The van der Waals surface area contributed by atoms with Crippen molar-refractivity contribution in [2.45, 2.75) is 77.0 Å². The molecule has 1 saturated carbocycles. The fourth-order valence-corrected chi connectivity index (χ4v) is 6.73. The molecule has 3 aromatic heterocycles. The lowest BCUT2D eigenvalue weighted by Crippen LogP contribution is -2.39. The SMILES string of the molecule is Cc1cccc(C)c1-c1cc(OC[C@@H](COC(C)C)NCc2cnc3oc(C)c(C4CC4)c3n2)nc(NS(=O)(=O)c2cccc(C(=O)O)c2)n1. The summed E-state index contributed by atoms with van der Waals surface area (Å²) < 4.78 is 47.2. The van der Waals surface area contributed by atoms with Crippen molar-refractivity contribution in [3.8, 4) is 17.1 Å². The zero-order valence-corrected chi connectivity index (χ0v) is 29.4. The normalized spacial score (nSPS) is 13.9. The summed E-state index contributed by atoms with van der Waals surface area (Å²) in [4.78, 5) is 29.6. The van der Waals surface area contributed by atoms with Crippen LogP contribution in [0.1, 0.15) is 71.1 Å². The minimum atomic E-state index is -4.26. The second-order valence-corrected chi connectivity index (χ2v) is 14.4. The molecule has 50 heavy (non-hydrogen) atoms. The van der Waals surface area contributed by atoms with Gasteiger partial charge in [0.1, 0.15) is 17.9 Å². The third kappa shape index (κ3) is 8.09. The molecule has 262 valence electrons. The van der Waals surface area contributed by atoms with Crippen LogP contribution in [0.4, 0.5) is 5.95 Å². The predicted octanol–water partition coefficient (Wildman–Crippen LogP) is 5.94. The number of fused-ring (bicyclic) bond motifs is 1. The number of hydrogen-bond acceptors (Lipinski definition) is 11. The van der Waals surface area contributed by atoms with Gasteiger partial charge >= 0.3 is 5.97 Å². The number of carbonyl (C=O) groups is 1. The highest BCUT2D eigenvalue weighted by atomic mass is 32.2. The quantitative estimate of drug-likeness (QED) is 0.117. The summed E-state index contributed by atoms with van der Waals surface area (Å²) in [6.07, 6.45) is 3.92. The molecule has 13 nitrogen and oxygen atoms in total. The lowest BCUT2D eigenvalue weighted by molar-refractivity contribution is 0.0491. The molecule has 5 aromatic rings. The van der Waals surface area contributed by atoms with E-state index < -0.39 is 16.0 Å². The highest BCUT2D eigenvalue weighted by Gasteiger charge is 2.31. The fraction of sp³-hybridized carbons (Fsp3) is 0.361. The first kappa shape index (κ1) is 34.9. The van der Waals surface area contributed by atoms with Gasteiger partial charge in [0, 0.05) is 23.7 Å². The van der Waals surface area contributed by atoms with Crippen molar-refractivity contribution in [3.63, 3.8) is 0 Å². The number of carboxylic acid groups (broad SMARTS) is 1. The number of anilines is 1. The number of aromatic nitrogens is 4. The van der Waals surface area contributed by atoms with Crippen LogP contribution in [0.2, 0.25) is 0 Å². The van der Waals surface area contributed by atoms with Crippen LogP contribution in [-0.4, -0.2) is 64.8 Å². The summed E-state index contributed by atoms with van der Waals surface area (Å²) in [7, 11) is -4.26. The number of nitrogens with one attached hydrogen (secondary N) is 2. The van der Waals surface area contributed by atoms with Crippen molar-refractivity contribution in [1.82, 2.24) is 25.3 Å². The Hall–Kier alpha value is -4.92. The van der Waals surface area contributed by atoms with E-state index in [1.165, 1.54) is 18.2 Å². The van der Waals surface area contributed by atoms with E-state index in [9.17, 15) is 18.3 Å². The van der Waals surface area contributed by atoms with Crippen LogP contribution in [0.15, 0.2) is 64.0 Å². The van der Waals surface area contributed by atoms with Crippen LogP contribution in [0.25, 0.3) is 22.5 Å². The molecular formula is C36H40N6O7S. The van der Waals surface area contributed by atoms with Crippen molar-refractivity contribution < 1.29 is 32.2 Å². The Bertz CT molecular complexity index is 2130. The Labute approximate surface area is 290 Å². The molecule has 0 amide bonds. The molecule has 2 aromatic carbocycles. The molecule has 0 aliphatic heterocycles. The number of nitrogens with zero attached hydrogens (tertiary/aromatic N) is 4. The van der Waals surface area contributed by atoms with E-state index in [1.807, 2.05) is 52.8 Å². The molecule has 6 rings (SSSR count). The van der Waals surface area contributed by atoms with Gasteiger partial charge in [0.25, 0.3) is 10.0 Å². The fourth-order valence-electron chi connectivity index (χ4n) is 5.75. The van der Waals surface area contributed by atoms with Crippen LogP contribution >= 0.6 is 0 Å². The zero-order chi connectivity index (χ0) is 35.6. The summed E-state index contributed by atoms with van der Waals surface area (Å²) in [6, 6.07) is 12.2. The van der Waals surface area contributed by atoms with Crippen LogP contribution in [0.3, 0.4) is 0 Å². The maximum atomic E-state index is 13.4. The zero-order valence-electron chi connectivity index (χ0n) is 28.6. The number of rotatable bonds is 15. The highest BCUT2D eigenvalue weighted by molar-refractivity contribution is 7.92. The third-order valence-corrected chi connectivity index (χ3v) is 9.68. The van der Waals surface area contributed by atoms with Gasteiger partial charge in [-0.25, -0.2) is 32.9 Å². The van der Waals surface area contributed by atoms with Crippen molar-refractivity contribution in [2.24, 2.45) is 0 Å². The van der Waals surface area contributed by atoms with E-state index in [0.717, 1.165) is 58.1 Å². The summed E-state index contributed by atoms with van der Waals surface area (Å²) in [6.45, 7) is 10.6. The molecule has 0 bridgehead atoms.